The Hall–Kier alpha value is -6.96. The molecule has 318 valence electrons. The molecule has 2 aliphatic carbocycles. The van der Waals surface area contributed by atoms with Crippen LogP contribution in [0.15, 0.2) is 224 Å². The molecule has 64 heavy (non-hydrogen) atoms. The van der Waals surface area contributed by atoms with Gasteiger partial charge >= 0.3 is 0 Å². The van der Waals surface area contributed by atoms with Gasteiger partial charge < -0.3 is 4.90 Å². The first-order chi connectivity index (χ1) is 31.0. The summed E-state index contributed by atoms with van der Waals surface area (Å²) < 4.78 is 0. The number of allylic oxidation sites excluding steroid dienone is 13. The Labute approximate surface area is 382 Å². The Kier molecular flexibility index (Phi) is 12.8. The summed E-state index contributed by atoms with van der Waals surface area (Å²) in [6.07, 6.45) is 19.5. The highest BCUT2D eigenvalue weighted by molar-refractivity contribution is 6.25. The number of nitrogens with zero attached hydrogens (tertiary/aromatic N) is 1. The molecule has 0 bridgehead atoms. The van der Waals surface area contributed by atoms with Crippen molar-refractivity contribution in [2.24, 2.45) is 0 Å². The minimum atomic E-state index is -0.0767. The molecular weight excluding hydrogens is 771 g/mol. The highest BCUT2D eigenvalue weighted by Gasteiger charge is 2.38. The molecule has 1 nitrogen and oxygen atoms in total. The lowest BCUT2D eigenvalue weighted by Crippen LogP contribution is -2.24. The fraction of sp³-hybridized carbons (Fsp3) is 0.175. The lowest BCUT2D eigenvalue weighted by atomic mass is 9.79. The molecule has 9 rings (SSSR count). The molecule has 1 atom stereocenters. The topological polar surface area (TPSA) is 3.24 Å². The van der Waals surface area contributed by atoms with Crippen molar-refractivity contribution in [1.82, 2.24) is 0 Å². The van der Waals surface area contributed by atoms with Crippen molar-refractivity contribution in [2.75, 3.05) is 4.90 Å². The molecule has 2 aliphatic rings. The second kappa shape index (κ2) is 18.8. The Balaban J connectivity index is 0.000000731. The van der Waals surface area contributed by atoms with Gasteiger partial charge in [0.05, 0.1) is 0 Å². The van der Waals surface area contributed by atoms with Crippen LogP contribution in [0.5, 0.6) is 0 Å². The first-order valence-electron chi connectivity index (χ1n) is 22.8. The van der Waals surface area contributed by atoms with Gasteiger partial charge in [0, 0.05) is 22.5 Å². The normalized spacial score (nSPS) is 15.3. The molecule has 0 amide bonds. The van der Waals surface area contributed by atoms with Crippen molar-refractivity contribution in [2.45, 2.75) is 72.6 Å². The largest absolute Gasteiger partial charge is 0.314 e. The molecule has 0 radical (unpaired) electrons. The van der Waals surface area contributed by atoms with E-state index in [-0.39, 0.29) is 11.3 Å². The molecular formula is C63H61N. The second-order valence-electron chi connectivity index (χ2n) is 18.1. The van der Waals surface area contributed by atoms with Crippen LogP contribution in [0.25, 0.3) is 43.5 Å². The Morgan fingerprint density at radius 2 is 1.30 bits per heavy atom. The van der Waals surface area contributed by atoms with Gasteiger partial charge in [-0.15, -0.1) is 0 Å². The summed E-state index contributed by atoms with van der Waals surface area (Å²) in [6.45, 7) is 24.0. The molecule has 0 heterocycles. The van der Waals surface area contributed by atoms with Gasteiger partial charge in [0.25, 0.3) is 0 Å². The molecule has 0 spiro atoms. The summed E-state index contributed by atoms with van der Waals surface area (Å²) in [7, 11) is 0. The summed E-state index contributed by atoms with van der Waals surface area (Å²) in [6, 6.07) is 50.8. The predicted octanol–water partition coefficient (Wildman–Crippen LogP) is 17.6. The van der Waals surface area contributed by atoms with E-state index >= 15 is 0 Å². The van der Waals surface area contributed by atoms with Gasteiger partial charge in [-0.3, -0.25) is 0 Å². The molecule has 0 N–H and O–H groups in total. The van der Waals surface area contributed by atoms with E-state index in [4.69, 9.17) is 0 Å². The lowest BCUT2D eigenvalue weighted by molar-refractivity contribution is 0.648. The fourth-order valence-electron chi connectivity index (χ4n) is 9.68. The Morgan fingerprint density at radius 1 is 0.672 bits per heavy atom. The molecule has 0 fully saturated rings. The molecule has 0 aliphatic heterocycles. The number of hydrogen-bond acceptors (Lipinski definition) is 1. The van der Waals surface area contributed by atoms with E-state index in [0.717, 1.165) is 29.8 Å². The van der Waals surface area contributed by atoms with Crippen LogP contribution in [0.2, 0.25) is 0 Å². The van der Waals surface area contributed by atoms with E-state index in [1.807, 2.05) is 37.3 Å². The van der Waals surface area contributed by atoms with Crippen LogP contribution >= 0.6 is 0 Å². The van der Waals surface area contributed by atoms with Gasteiger partial charge in [-0.2, -0.15) is 0 Å². The average molecular weight is 832 g/mol. The maximum atomic E-state index is 4.43. The van der Waals surface area contributed by atoms with Crippen molar-refractivity contribution >= 4 is 49.2 Å². The smallest absolute Gasteiger partial charge is 0.0465 e. The highest BCUT2D eigenvalue weighted by atomic mass is 15.2. The molecule has 1 heteroatoms. The summed E-state index contributed by atoms with van der Waals surface area (Å²) in [5, 5.41) is 7.66. The van der Waals surface area contributed by atoms with Crippen molar-refractivity contribution < 1.29 is 0 Å². The standard InChI is InChI=1S/C56H53N.C7H8/c1-9-42(29-27-38(4)41-28-26-40(6)52(34-41)39(5)19-11-10-18-37(2)3)57(44-31-33-51-50-24-16-17-25-54(50)56(7,8)55(51)36-44)43-30-32-49-47-22-13-12-20-45(47)46-21-14-15-23-48(46)53(49)35-43;1-7-5-3-2-4-6-7/h9-30,32,34-36,39H,1-2,31,33H2,3-8H3;2-6H,1H3/b18-10-,19-11-,38-27+,42-29+;. The third-order valence-electron chi connectivity index (χ3n) is 13.2. The number of benzene rings is 7. The van der Waals surface area contributed by atoms with E-state index in [1.54, 1.807) is 0 Å². The maximum absolute atomic E-state index is 4.43. The first kappa shape index (κ1) is 43.7. The number of aryl methyl sites for hydroxylation is 2. The number of hydrogen-bond donors (Lipinski definition) is 0. The molecule has 0 saturated carbocycles. The zero-order valence-electron chi connectivity index (χ0n) is 38.8. The minimum absolute atomic E-state index is 0.0767. The Morgan fingerprint density at radius 3 is 1.94 bits per heavy atom. The van der Waals surface area contributed by atoms with Crippen LogP contribution in [-0.4, -0.2) is 0 Å². The van der Waals surface area contributed by atoms with Crippen LogP contribution in [0, 0.1) is 13.8 Å². The first-order valence-corrected chi connectivity index (χ1v) is 22.8. The van der Waals surface area contributed by atoms with E-state index in [1.165, 1.54) is 88.1 Å². The zero-order valence-corrected chi connectivity index (χ0v) is 38.8. The number of fused-ring (bicyclic) bond motifs is 8. The van der Waals surface area contributed by atoms with Gasteiger partial charge in [0.15, 0.2) is 0 Å². The molecule has 1 unspecified atom stereocenters. The second-order valence-corrected chi connectivity index (χ2v) is 18.1. The quantitative estimate of drug-likeness (QED) is 0.0980. The van der Waals surface area contributed by atoms with E-state index < -0.39 is 0 Å². The SMILES string of the molecule is C=C/C(=C\C=C(/C)c1ccc(C)c(C(C)/C=C\C=C/C(=C)C)c1)N(C1=CC2=C(CC1)c1ccccc1C2(C)C)c1ccc2c3ccccc3c3ccccc3c2c1.Cc1ccccc1. The van der Waals surface area contributed by atoms with Crippen molar-refractivity contribution in [3.05, 3.63) is 257 Å². The van der Waals surface area contributed by atoms with E-state index in [0.29, 0.717) is 0 Å². The van der Waals surface area contributed by atoms with Crippen molar-refractivity contribution in [3.63, 3.8) is 0 Å². The predicted molar refractivity (Wildman–Crippen MR) is 281 cm³/mol. The fourth-order valence-corrected chi connectivity index (χ4v) is 9.68. The van der Waals surface area contributed by atoms with Crippen LogP contribution in [0.1, 0.15) is 86.8 Å². The van der Waals surface area contributed by atoms with Gasteiger partial charge in [-0.05, 0) is 154 Å². The lowest BCUT2D eigenvalue weighted by Gasteiger charge is -2.33. The van der Waals surface area contributed by atoms with Gasteiger partial charge in [-0.1, -0.05) is 203 Å². The molecule has 0 saturated heterocycles. The zero-order chi connectivity index (χ0) is 45.0. The average Bonchev–Trinajstić information content (AvgIpc) is 3.54. The summed E-state index contributed by atoms with van der Waals surface area (Å²) in [5.41, 5.74) is 16.6. The monoisotopic (exact) mass is 831 g/mol. The highest BCUT2D eigenvalue weighted by Crippen LogP contribution is 2.52. The van der Waals surface area contributed by atoms with E-state index in [9.17, 15) is 0 Å². The van der Waals surface area contributed by atoms with Crippen molar-refractivity contribution in [3.8, 4) is 0 Å². The van der Waals surface area contributed by atoms with Crippen LogP contribution in [0.4, 0.5) is 5.69 Å². The summed E-state index contributed by atoms with van der Waals surface area (Å²) >= 11 is 0. The number of anilines is 1. The number of rotatable bonds is 10. The maximum Gasteiger partial charge on any atom is 0.0465 e. The summed E-state index contributed by atoms with van der Waals surface area (Å²) in [5.74, 6) is 0.284. The Bertz CT molecular complexity index is 3070. The minimum Gasteiger partial charge on any atom is -0.314 e. The van der Waals surface area contributed by atoms with Crippen LogP contribution in [-0.2, 0) is 5.41 Å². The van der Waals surface area contributed by atoms with E-state index in [2.05, 4.69) is 217 Å². The van der Waals surface area contributed by atoms with Crippen LogP contribution in [0.3, 0.4) is 0 Å². The molecule has 7 aromatic carbocycles. The van der Waals surface area contributed by atoms with Gasteiger partial charge in [-0.25, -0.2) is 0 Å². The third kappa shape index (κ3) is 8.81. The van der Waals surface area contributed by atoms with Crippen LogP contribution < -0.4 is 4.90 Å². The van der Waals surface area contributed by atoms with Crippen molar-refractivity contribution in [1.29, 1.82) is 0 Å². The van der Waals surface area contributed by atoms with Gasteiger partial charge in [0.2, 0.25) is 0 Å². The molecule has 0 aromatic heterocycles. The third-order valence-corrected chi connectivity index (χ3v) is 13.2. The summed E-state index contributed by atoms with van der Waals surface area (Å²) in [4.78, 5) is 2.47. The van der Waals surface area contributed by atoms with Gasteiger partial charge in [0.1, 0.15) is 0 Å². The molecule has 7 aromatic rings.